The van der Waals surface area contributed by atoms with Crippen LogP contribution in [0.2, 0.25) is 0 Å². The van der Waals surface area contributed by atoms with Crippen molar-refractivity contribution in [1.29, 1.82) is 0 Å². The zero-order valence-corrected chi connectivity index (χ0v) is 23.6. The van der Waals surface area contributed by atoms with Gasteiger partial charge >= 0.3 is 0 Å². The quantitative estimate of drug-likeness (QED) is 0.356. The van der Waals surface area contributed by atoms with Crippen LogP contribution in [0.5, 0.6) is 0 Å². The summed E-state index contributed by atoms with van der Waals surface area (Å²) in [4.78, 5) is 15.6. The fraction of sp³-hybridized carbons (Fsp3) is 0.552. The van der Waals surface area contributed by atoms with Crippen molar-refractivity contribution in [2.45, 2.75) is 78.9 Å². The number of anilines is 1. The highest BCUT2D eigenvalue weighted by molar-refractivity contribution is 5.96. The van der Waals surface area contributed by atoms with Gasteiger partial charge in [0.2, 0.25) is 0 Å². The molecule has 8 nitrogen and oxygen atoms in total. The Morgan fingerprint density at radius 1 is 1.11 bits per heavy atom. The molecule has 1 aliphatic rings. The topological polar surface area (TPSA) is 83.4 Å². The van der Waals surface area contributed by atoms with Crippen molar-refractivity contribution in [3.8, 4) is 11.3 Å². The summed E-state index contributed by atoms with van der Waals surface area (Å²) in [6, 6.07) is 0.512. The van der Waals surface area contributed by atoms with E-state index in [2.05, 4.69) is 79.9 Å². The van der Waals surface area contributed by atoms with Crippen molar-refractivity contribution in [2.75, 3.05) is 31.6 Å². The monoisotopic (exact) mass is 503 g/mol. The number of nitrogens with zero attached hydrogens (tertiary/aromatic N) is 5. The predicted molar refractivity (Wildman–Crippen MR) is 151 cm³/mol. The number of rotatable bonds is 7. The highest BCUT2D eigenvalue weighted by atomic mass is 16.5. The second-order valence-corrected chi connectivity index (χ2v) is 11.5. The first-order chi connectivity index (χ1) is 17.6. The lowest BCUT2D eigenvalue weighted by atomic mass is 9.92. The van der Waals surface area contributed by atoms with Crippen LogP contribution in [0.25, 0.3) is 27.8 Å². The van der Waals surface area contributed by atoms with Crippen LogP contribution in [0, 0.1) is 20.8 Å². The fourth-order valence-corrected chi connectivity index (χ4v) is 5.69. The molecule has 198 valence electrons. The molecule has 0 amide bonds. The van der Waals surface area contributed by atoms with Gasteiger partial charge in [-0.1, -0.05) is 13.8 Å². The Balaban J connectivity index is 1.49. The molecule has 5 heterocycles. The molecule has 0 aromatic carbocycles. The minimum Gasteiger partial charge on any atom is -0.377 e. The molecule has 0 radical (unpaired) electrons. The number of piperidine rings is 1. The van der Waals surface area contributed by atoms with Crippen molar-refractivity contribution in [1.82, 2.24) is 29.9 Å². The molecule has 0 bridgehead atoms. The molecule has 1 aliphatic heterocycles. The summed E-state index contributed by atoms with van der Waals surface area (Å²) in [7, 11) is 1.78. The smallest absolute Gasteiger partial charge is 0.158 e. The van der Waals surface area contributed by atoms with Crippen molar-refractivity contribution in [3.63, 3.8) is 0 Å². The average molecular weight is 504 g/mol. The second-order valence-electron chi connectivity index (χ2n) is 11.5. The molecule has 4 aromatic heterocycles. The van der Waals surface area contributed by atoms with Gasteiger partial charge in [-0.25, -0.2) is 14.5 Å². The average Bonchev–Trinajstić information content (AvgIpc) is 3.51. The summed E-state index contributed by atoms with van der Waals surface area (Å²) < 4.78 is 7.46. The van der Waals surface area contributed by atoms with Crippen molar-refractivity contribution in [2.24, 2.45) is 0 Å². The summed E-state index contributed by atoms with van der Waals surface area (Å²) in [5.41, 5.74) is 9.17. The number of ether oxygens (including phenoxy) is 1. The van der Waals surface area contributed by atoms with Gasteiger partial charge in [0.05, 0.1) is 23.0 Å². The van der Waals surface area contributed by atoms with Crippen LogP contribution in [0.3, 0.4) is 0 Å². The van der Waals surface area contributed by atoms with Crippen LogP contribution in [-0.4, -0.2) is 63.0 Å². The molecule has 0 aliphatic carbocycles. The predicted octanol–water partition coefficient (Wildman–Crippen LogP) is 5.30. The zero-order valence-electron chi connectivity index (χ0n) is 23.6. The van der Waals surface area contributed by atoms with E-state index in [1.165, 1.54) is 27.6 Å². The van der Waals surface area contributed by atoms with E-state index in [-0.39, 0.29) is 5.60 Å². The third kappa shape index (κ3) is 4.61. The van der Waals surface area contributed by atoms with Gasteiger partial charge in [0.15, 0.2) is 5.65 Å². The maximum Gasteiger partial charge on any atom is 0.158 e. The molecular weight excluding hydrogens is 462 g/mol. The van der Waals surface area contributed by atoms with Gasteiger partial charge < -0.3 is 19.9 Å². The number of aromatic nitrogens is 5. The minimum atomic E-state index is -0.144. The Morgan fingerprint density at radius 3 is 2.51 bits per heavy atom. The maximum atomic E-state index is 5.58. The van der Waals surface area contributed by atoms with Gasteiger partial charge in [-0.05, 0) is 70.1 Å². The molecule has 37 heavy (non-hydrogen) atoms. The summed E-state index contributed by atoms with van der Waals surface area (Å²) in [5.74, 6) is 1.46. The van der Waals surface area contributed by atoms with Gasteiger partial charge in [-0.2, -0.15) is 5.10 Å². The summed E-state index contributed by atoms with van der Waals surface area (Å²) in [6.07, 6.45) is 7.95. The first-order valence-corrected chi connectivity index (χ1v) is 13.5. The molecule has 0 atom stereocenters. The largest absolute Gasteiger partial charge is 0.377 e. The van der Waals surface area contributed by atoms with Gasteiger partial charge in [0.1, 0.15) is 12.1 Å². The highest BCUT2D eigenvalue weighted by Crippen LogP contribution is 2.41. The van der Waals surface area contributed by atoms with E-state index >= 15 is 0 Å². The van der Waals surface area contributed by atoms with Crippen LogP contribution < -0.4 is 10.2 Å². The number of fused-ring (bicyclic) bond motifs is 2. The maximum absolute atomic E-state index is 5.58. The molecule has 0 unspecified atom stereocenters. The summed E-state index contributed by atoms with van der Waals surface area (Å²) in [6.45, 7) is 18.2. The van der Waals surface area contributed by atoms with Gasteiger partial charge in [-0.3, -0.25) is 0 Å². The van der Waals surface area contributed by atoms with E-state index < -0.39 is 0 Å². The van der Waals surface area contributed by atoms with Gasteiger partial charge in [0.25, 0.3) is 0 Å². The number of nitrogens with one attached hydrogen (secondary N) is 2. The number of H-pyrrole nitrogens is 1. The Kier molecular flexibility index (Phi) is 6.75. The van der Waals surface area contributed by atoms with Crippen molar-refractivity contribution in [3.05, 3.63) is 41.0 Å². The highest BCUT2D eigenvalue weighted by Gasteiger charge is 2.27. The zero-order chi connectivity index (χ0) is 26.5. The first-order valence-electron chi connectivity index (χ1n) is 13.5. The third-order valence-corrected chi connectivity index (χ3v) is 8.23. The molecule has 0 saturated carbocycles. The Labute approximate surface area is 219 Å². The standard InChI is InChI=1S/C29H41N7O/c1-17(2)24-25-20(5)27(35-11-9-21(10-12-35)31-15-29(6,7)37-8)30-13-23(25)34-26(24)22-14-36-28(32-16-33-36)19(4)18(22)3/h13-14,16-17,21,31,34H,9-12,15H2,1-8H3. The summed E-state index contributed by atoms with van der Waals surface area (Å²) in [5, 5.41) is 9.43. The number of hydrogen-bond donors (Lipinski definition) is 2. The first kappa shape index (κ1) is 25.7. The SMILES string of the molecule is COC(C)(C)CNC1CCN(c2ncc3[nH]c(-c4cn5ncnc5c(C)c4C)c(C(C)C)c3c2C)CC1. The Hall–Kier alpha value is -2.97. The Morgan fingerprint density at radius 2 is 1.84 bits per heavy atom. The van der Waals surface area contributed by atoms with Crippen LogP contribution >= 0.6 is 0 Å². The second kappa shape index (κ2) is 9.72. The van der Waals surface area contributed by atoms with Crippen LogP contribution in [0.4, 0.5) is 5.82 Å². The number of aromatic amines is 1. The lowest BCUT2D eigenvalue weighted by Crippen LogP contribution is -2.47. The number of methoxy groups -OCH3 is 1. The molecule has 1 fully saturated rings. The minimum absolute atomic E-state index is 0.144. The molecule has 4 aromatic rings. The number of hydrogen-bond acceptors (Lipinski definition) is 6. The van der Waals surface area contributed by atoms with Crippen LogP contribution in [0.15, 0.2) is 18.7 Å². The van der Waals surface area contributed by atoms with E-state index in [0.29, 0.717) is 12.0 Å². The Bertz CT molecular complexity index is 1420. The fourth-order valence-electron chi connectivity index (χ4n) is 5.69. The van der Waals surface area contributed by atoms with Gasteiger partial charge in [-0.15, -0.1) is 0 Å². The van der Waals surface area contributed by atoms with Crippen LogP contribution in [0.1, 0.15) is 68.7 Å². The molecule has 8 heteroatoms. The van der Waals surface area contributed by atoms with Crippen molar-refractivity contribution >= 4 is 22.4 Å². The number of pyridine rings is 2. The normalized spacial score (nSPS) is 15.5. The third-order valence-electron chi connectivity index (χ3n) is 8.23. The van der Waals surface area contributed by atoms with E-state index in [1.807, 2.05) is 10.7 Å². The molecule has 0 spiro atoms. The number of aryl methyl sites for hydroxylation is 2. The van der Waals surface area contributed by atoms with E-state index in [9.17, 15) is 0 Å². The lowest BCUT2D eigenvalue weighted by Gasteiger charge is -2.35. The molecular formula is C29H41N7O. The molecule has 1 saturated heterocycles. The van der Waals surface area contributed by atoms with Gasteiger partial charge in [0, 0.05) is 55.5 Å². The van der Waals surface area contributed by atoms with E-state index in [0.717, 1.165) is 60.7 Å². The molecule has 5 rings (SSSR count). The molecule has 2 N–H and O–H groups in total. The van der Waals surface area contributed by atoms with Crippen LogP contribution in [-0.2, 0) is 4.74 Å². The van der Waals surface area contributed by atoms with Crippen molar-refractivity contribution < 1.29 is 4.74 Å². The van der Waals surface area contributed by atoms with E-state index in [4.69, 9.17) is 9.72 Å². The summed E-state index contributed by atoms with van der Waals surface area (Å²) >= 11 is 0. The van der Waals surface area contributed by atoms with E-state index in [1.54, 1.807) is 13.4 Å². The lowest BCUT2D eigenvalue weighted by molar-refractivity contribution is 0.0204.